The van der Waals surface area contributed by atoms with Gasteiger partial charge in [-0.15, -0.1) is 5.10 Å². The molecule has 30 heavy (non-hydrogen) atoms. The van der Waals surface area contributed by atoms with E-state index in [1.54, 1.807) is 6.20 Å². The Kier molecular flexibility index (Phi) is 6.30. The topological polar surface area (TPSA) is 97.8 Å². The van der Waals surface area contributed by atoms with Gasteiger partial charge in [0.25, 0.3) is 0 Å². The van der Waals surface area contributed by atoms with Gasteiger partial charge in [-0.05, 0) is 18.6 Å². The number of aromatic nitrogens is 2. The third kappa shape index (κ3) is 4.32. The molecule has 0 bridgehead atoms. The summed E-state index contributed by atoms with van der Waals surface area (Å²) in [5, 5.41) is 7.14. The van der Waals surface area contributed by atoms with E-state index < -0.39 is 30.4 Å². The van der Waals surface area contributed by atoms with Crippen LogP contribution in [0.25, 0.3) is 6.08 Å². The molecule has 1 atom stereocenters. The summed E-state index contributed by atoms with van der Waals surface area (Å²) >= 11 is 0. The Labute approximate surface area is 166 Å². The summed E-state index contributed by atoms with van der Waals surface area (Å²) in [7, 11) is 0. The largest absolute Gasteiger partial charge is 0.460 e. The molecule has 0 aliphatic carbocycles. The lowest BCUT2D eigenvalue weighted by molar-refractivity contribution is -0.336. The second kappa shape index (κ2) is 8.08. The minimum absolute atomic E-state index is 0.00705. The molecule has 1 unspecified atom stereocenters. The number of amidine groups is 1. The van der Waals surface area contributed by atoms with Gasteiger partial charge in [-0.3, -0.25) is 0 Å². The molecule has 14 heteroatoms. The van der Waals surface area contributed by atoms with Crippen molar-refractivity contribution < 1.29 is 30.7 Å². The van der Waals surface area contributed by atoms with E-state index in [0.717, 1.165) is 0 Å². The Morgan fingerprint density at radius 2 is 1.97 bits per heavy atom. The fourth-order valence-electron chi connectivity index (χ4n) is 2.48. The Morgan fingerprint density at radius 3 is 2.50 bits per heavy atom. The number of rotatable bonds is 6. The van der Waals surface area contributed by atoms with Gasteiger partial charge in [0, 0.05) is 12.1 Å². The number of halogens is 7. The first-order chi connectivity index (χ1) is 13.7. The smallest absolute Gasteiger partial charge is 0.380 e. The molecule has 1 aliphatic rings. The number of nitrogens with two attached hydrogens (primary N) is 2. The molecule has 2 rings (SSSR count). The molecule has 2 heterocycles. The maximum Gasteiger partial charge on any atom is 0.460 e. The Hall–Kier alpha value is -2.90. The highest BCUT2D eigenvalue weighted by Gasteiger charge is 2.75. The van der Waals surface area contributed by atoms with Gasteiger partial charge >= 0.3 is 18.0 Å². The van der Waals surface area contributed by atoms with E-state index in [0.29, 0.717) is 18.0 Å². The van der Waals surface area contributed by atoms with Crippen LogP contribution in [0.1, 0.15) is 24.7 Å². The Morgan fingerprint density at radius 1 is 1.33 bits per heavy atom. The van der Waals surface area contributed by atoms with E-state index in [1.165, 1.54) is 16.8 Å². The summed E-state index contributed by atoms with van der Waals surface area (Å²) in [6.07, 6.45) is -0.994. The van der Waals surface area contributed by atoms with Crippen LogP contribution in [0.4, 0.5) is 30.7 Å². The van der Waals surface area contributed by atoms with E-state index in [4.69, 9.17) is 11.6 Å². The predicted molar refractivity (Wildman–Crippen MR) is 95.4 cm³/mol. The summed E-state index contributed by atoms with van der Waals surface area (Å²) in [6.45, 7) is 4.98. The van der Waals surface area contributed by atoms with Gasteiger partial charge in [-0.25, -0.2) is 20.6 Å². The second-order valence-corrected chi connectivity index (χ2v) is 6.41. The zero-order valence-corrected chi connectivity index (χ0v) is 15.5. The van der Waals surface area contributed by atoms with E-state index in [2.05, 4.69) is 21.8 Å². The number of allylic oxidation sites excluding steroid dienone is 1. The number of aliphatic imine (C=N–C) groups is 1. The number of hydrogen-bond donors (Lipinski definition) is 2. The molecular formula is C16H18F7N7. The van der Waals surface area contributed by atoms with Gasteiger partial charge < -0.3 is 5.73 Å². The highest BCUT2D eigenvalue weighted by molar-refractivity contribution is 5.89. The van der Waals surface area contributed by atoms with Crippen LogP contribution < -0.4 is 11.6 Å². The van der Waals surface area contributed by atoms with E-state index in [-0.39, 0.29) is 16.7 Å². The number of alkyl halides is 7. The molecule has 0 aromatic carbocycles. The molecule has 4 N–H and O–H groups in total. The normalized spacial score (nSPS) is 18.4. The first-order valence-electron chi connectivity index (χ1n) is 8.36. The standard InChI is InChI=1S/C16H18F7N7/c1-3-11-7-10(27-30(11)12-9(2)5-4-6-26-12)8-29(25)28-13(24)14(17,18)15(19,20)16(21,22)23/h3-4,6-7,9H,1,5,8,25H2,2H3,(H2,24,28). The van der Waals surface area contributed by atoms with Crippen molar-refractivity contribution in [3.05, 3.63) is 36.3 Å². The molecule has 1 aromatic heterocycles. The predicted octanol–water partition coefficient (Wildman–Crippen LogP) is 3.11. The van der Waals surface area contributed by atoms with Crippen LogP contribution in [-0.4, -0.2) is 44.6 Å². The zero-order valence-electron chi connectivity index (χ0n) is 15.5. The van der Waals surface area contributed by atoms with Gasteiger partial charge in [0.05, 0.1) is 17.9 Å². The molecule has 1 aliphatic heterocycles. The molecule has 0 spiro atoms. The van der Waals surface area contributed by atoms with Crippen molar-refractivity contribution in [2.75, 3.05) is 0 Å². The van der Waals surface area contributed by atoms with Crippen molar-refractivity contribution in [3.63, 3.8) is 0 Å². The minimum Gasteiger partial charge on any atom is -0.380 e. The van der Waals surface area contributed by atoms with Crippen molar-refractivity contribution >= 4 is 17.7 Å². The monoisotopic (exact) mass is 441 g/mol. The van der Waals surface area contributed by atoms with Crippen molar-refractivity contribution in [1.29, 1.82) is 0 Å². The fourth-order valence-corrected chi connectivity index (χ4v) is 2.48. The number of hydrogen-bond acceptors (Lipinski definition) is 5. The molecule has 0 saturated carbocycles. The highest BCUT2D eigenvalue weighted by Crippen LogP contribution is 2.46. The minimum atomic E-state index is -6.54. The van der Waals surface area contributed by atoms with Crippen LogP contribution in [-0.2, 0) is 6.54 Å². The van der Waals surface area contributed by atoms with E-state index >= 15 is 0 Å². The Bertz CT molecular complexity index is 883. The number of nitrogens with zero attached hydrogens (tertiary/aromatic N) is 5. The molecule has 0 fully saturated rings. The van der Waals surface area contributed by atoms with Crippen molar-refractivity contribution in [2.45, 2.75) is 37.9 Å². The van der Waals surface area contributed by atoms with Crippen LogP contribution in [0.5, 0.6) is 0 Å². The molecule has 0 radical (unpaired) electrons. The van der Waals surface area contributed by atoms with E-state index in [1.807, 2.05) is 13.0 Å². The maximum atomic E-state index is 13.5. The first kappa shape index (κ1) is 23.4. The summed E-state index contributed by atoms with van der Waals surface area (Å²) < 4.78 is 91.3. The summed E-state index contributed by atoms with van der Waals surface area (Å²) in [4.78, 5) is 4.22. The van der Waals surface area contributed by atoms with Gasteiger partial charge in [0.1, 0.15) is 5.84 Å². The SMILES string of the molecule is C=Cc1cc(CN(N)/N=C(\N)C(F)(F)C(F)(F)C(F)(F)F)nn1C1=NC=CCC1C. The second-order valence-electron chi connectivity index (χ2n) is 6.41. The maximum absolute atomic E-state index is 13.5. The fraction of sp³-hybridized carbons (Fsp3) is 0.438. The Balaban J connectivity index is 2.26. The van der Waals surface area contributed by atoms with Crippen LogP contribution in [0.2, 0.25) is 0 Å². The van der Waals surface area contributed by atoms with Crippen LogP contribution >= 0.6 is 0 Å². The lowest BCUT2D eigenvalue weighted by Gasteiger charge is -2.28. The molecule has 1 aromatic rings. The third-order valence-corrected chi connectivity index (χ3v) is 4.09. The summed E-state index contributed by atoms with van der Waals surface area (Å²) in [6, 6.07) is 1.44. The molecular weight excluding hydrogens is 423 g/mol. The third-order valence-electron chi connectivity index (χ3n) is 4.09. The van der Waals surface area contributed by atoms with Crippen LogP contribution in [0, 0.1) is 5.92 Å². The summed E-state index contributed by atoms with van der Waals surface area (Å²) in [5.41, 5.74) is 5.30. The lowest BCUT2D eigenvalue weighted by Crippen LogP contribution is -2.59. The number of hydrazine groups is 1. The quantitative estimate of drug-likeness (QED) is 0.233. The van der Waals surface area contributed by atoms with Crippen molar-refractivity contribution in [1.82, 2.24) is 14.9 Å². The first-order valence-corrected chi connectivity index (χ1v) is 8.36. The van der Waals surface area contributed by atoms with Gasteiger partial charge in [-0.1, -0.05) is 19.6 Å². The molecule has 166 valence electrons. The molecule has 7 nitrogen and oxygen atoms in total. The number of hydrazone groups is 1. The summed E-state index contributed by atoms with van der Waals surface area (Å²) in [5.74, 6) is -8.65. The average Bonchev–Trinajstić information content (AvgIpc) is 3.03. The van der Waals surface area contributed by atoms with Crippen LogP contribution in [0.15, 0.2) is 35.0 Å². The highest BCUT2D eigenvalue weighted by atomic mass is 19.4. The van der Waals surface area contributed by atoms with Gasteiger partial charge in [0.2, 0.25) is 0 Å². The lowest BCUT2D eigenvalue weighted by atomic mass is 10.1. The molecule has 0 amide bonds. The zero-order chi connectivity index (χ0) is 22.9. The van der Waals surface area contributed by atoms with Gasteiger partial charge in [0.15, 0.2) is 5.84 Å². The van der Waals surface area contributed by atoms with Crippen molar-refractivity contribution in [3.8, 4) is 0 Å². The van der Waals surface area contributed by atoms with Gasteiger partial charge in [-0.2, -0.15) is 35.8 Å². The van der Waals surface area contributed by atoms with Crippen LogP contribution in [0.3, 0.4) is 0 Å². The van der Waals surface area contributed by atoms with E-state index in [9.17, 15) is 30.7 Å². The molecule has 0 saturated heterocycles. The van der Waals surface area contributed by atoms with Crippen molar-refractivity contribution in [2.24, 2.45) is 27.6 Å². The average molecular weight is 441 g/mol.